The van der Waals surface area contributed by atoms with E-state index in [0.717, 1.165) is 17.5 Å². The van der Waals surface area contributed by atoms with Crippen molar-refractivity contribution in [3.05, 3.63) is 70.0 Å². The highest BCUT2D eigenvalue weighted by atomic mass is 19.1. The Morgan fingerprint density at radius 1 is 1.19 bits per heavy atom. The molecule has 1 amide bonds. The van der Waals surface area contributed by atoms with E-state index in [1.54, 1.807) is 13.0 Å². The van der Waals surface area contributed by atoms with Gasteiger partial charge in [0.1, 0.15) is 5.82 Å². The van der Waals surface area contributed by atoms with Crippen LogP contribution in [-0.4, -0.2) is 12.5 Å². The molecule has 0 bridgehead atoms. The number of fused-ring (bicyclic) bond motifs is 1. The number of hydrogen-bond donors (Lipinski definition) is 2. The van der Waals surface area contributed by atoms with Crippen LogP contribution < -0.4 is 11.1 Å². The number of carbonyl (C=O) groups is 1. The second kappa shape index (κ2) is 5.30. The summed E-state index contributed by atoms with van der Waals surface area (Å²) in [5.74, 6) is -0.334. The Morgan fingerprint density at radius 3 is 2.67 bits per heavy atom. The molecule has 0 radical (unpaired) electrons. The largest absolute Gasteiger partial charge is 0.352 e. The highest BCUT2D eigenvalue weighted by Crippen LogP contribution is 2.25. The Kier molecular flexibility index (Phi) is 3.47. The average Bonchev–Trinajstić information content (AvgIpc) is 2.49. The van der Waals surface area contributed by atoms with Gasteiger partial charge in [0.05, 0.1) is 6.04 Å². The maximum Gasteiger partial charge on any atom is 0.251 e. The smallest absolute Gasteiger partial charge is 0.251 e. The molecule has 3 N–H and O–H groups in total. The van der Waals surface area contributed by atoms with Crippen molar-refractivity contribution in [2.24, 2.45) is 5.73 Å². The van der Waals surface area contributed by atoms with Crippen LogP contribution in [0.1, 0.15) is 38.7 Å². The summed E-state index contributed by atoms with van der Waals surface area (Å²) in [4.78, 5) is 11.9. The van der Waals surface area contributed by atoms with Crippen molar-refractivity contribution in [3.63, 3.8) is 0 Å². The minimum Gasteiger partial charge on any atom is -0.352 e. The Morgan fingerprint density at radius 2 is 1.90 bits per heavy atom. The minimum absolute atomic E-state index is 0.0691. The normalized spacial score (nSPS) is 15.3. The lowest BCUT2D eigenvalue weighted by atomic mass is 9.92. The van der Waals surface area contributed by atoms with Gasteiger partial charge in [-0.15, -0.1) is 0 Å². The van der Waals surface area contributed by atoms with Crippen LogP contribution in [0.5, 0.6) is 0 Å². The highest BCUT2D eigenvalue weighted by Gasteiger charge is 2.19. The summed E-state index contributed by atoms with van der Waals surface area (Å²) < 4.78 is 13.7. The van der Waals surface area contributed by atoms with E-state index in [1.807, 2.05) is 24.3 Å². The molecule has 0 saturated heterocycles. The van der Waals surface area contributed by atoms with Crippen LogP contribution >= 0.6 is 0 Å². The van der Waals surface area contributed by atoms with E-state index in [1.165, 1.54) is 6.07 Å². The molecule has 0 spiro atoms. The monoisotopic (exact) mass is 284 g/mol. The van der Waals surface area contributed by atoms with Gasteiger partial charge in [-0.25, -0.2) is 4.39 Å². The molecule has 3 nitrogen and oxygen atoms in total. The third-order valence-electron chi connectivity index (χ3n) is 3.97. The third-order valence-corrected chi connectivity index (χ3v) is 3.97. The number of nitrogens with one attached hydrogen (secondary N) is 1. The van der Waals surface area contributed by atoms with Crippen molar-refractivity contribution in [2.75, 3.05) is 6.54 Å². The first-order valence-corrected chi connectivity index (χ1v) is 6.99. The molecule has 1 aliphatic heterocycles. The Balaban J connectivity index is 1.98. The van der Waals surface area contributed by atoms with Crippen LogP contribution in [0, 0.1) is 12.7 Å². The number of nitrogens with two attached hydrogens (primary N) is 1. The predicted octanol–water partition coefficient (Wildman–Crippen LogP) is 2.47. The van der Waals surface area contributed by atoms with Gasteiger partial charge in [0.15, 0.2) is 0 Å². The zero-order valence-corrected chi connectivity index (χ0v) is 11.8. The van der Waals surface area contributed by atoms with Gasteiger partial charge in [-0.2, -0.15) is 0 Å². The van der Waals surface area contributed by atoms with Gasteiger partial charge in [0, 0.05) is 12.1 Å². The number of rotatable bonds is 2. The molecule has 1 heterocycles. The molecule has 0 fully saturated rings. The zero-order valence-electron chi connectivity index (χ0n) is 11.8. The fourth-order valence-electron chi connectivity index (χ4n) is 2.62. The van der Waals surface area contributed by atoms with E-state index in [2.05, 4.69) is 5.32 Å². The van der Waals surface area contributed by atoms with E-state index < -0.39 is 6.04 Å². The van der Waals surface area contributed by atoms with Crippen molar-refractivity contribution >= 4 is 5.91 Å². The first kappa shape index (κ1) is 13.8. The molecule has 108 valence electrons. The number of amides is 1. The summed E-state index contributed by atoms with van der Waals surface area (Å²) in [7, 11) is 0. The first-order valence-electron chi connectivity index (χ1n) is 6.99. The maximum absolute atomic E-state index is 13.7. The van der Waals surface area contributed by atoms with Crippen molar-refractivity contribution in [1.82, 2.24) is 5.32 Å². The fourth-order valence-corrected chi connectivity index (χ4v) is 2.62. The number of halogens is 1. The first-order chi connectivity index (χ1) is 10.1. The van der Waals surface area contributed by atoms with Crippen LogP contribution in [0.2, 0.25) is 0 Å². The summed E-state index contributed by atoms with van der Waals surface area (Å²) in [5.41, 5.74) is 10.0. The standard InChI is InChI=1S/C17H17FN2O/c1-10-2-3-13(9-15(10)18)16(19)12-5-4-11-6-7-20-17(21)14(11)8-12/h2-5,8-9,16H,6-7,19H2,1H3,(H,20,21). The average molecular weight is 284 g/mol. The maximum atomic E-state index is 13.7. The predicted molar refractivity (Wildman–Crippen MR) is 79.6 cm³/mol. The van der Waals surface area contributed by atoms with Crippen LogP contribution in [0.25, 0.3) is 0 Å². The van der Waals surface area contributed by atoms with Crippen molar-refractivity contribution in [3.8, 4) is 0 Å². The number of aryl methyl sites for hydroxylation is 1. The van der Waals surface area contributed by atoms with Gasteiger partial charge in [-0.05, 0) is 47.7 Å². The van der Waals surface area contributed by atoms with Crippen LogP contribution in [0.3, 0.4) is 0 Å². The SMILES string of the molecule is Cc1ccc(C(N)c2ccc3c(c2)C(=O)NCC3)cc1F. The van der Waals surface area contributed by atoms with Crippen molar-refractivity contribution < 1.29 is 9.18 Å². The van der Waals surface area contributed by atoms with Crippen molar-refractivity contribution in [1.29, 1.82) is 0 Å². The van der Waals surface area contributed by atoms with E-state index in [9.17, 15) is 9.18 Å². The second-order valence-corrected chi connectivity index (χ2v) is 5.41. The molecule has 1 unspecified atom stereocenters. The zero-order chi connectivity index (χ0) is 15.0. The lowest BCUT2D eigenvalue weighted by Crippen LogP contribution is -2.32. The Hall–Kier alpha value is -2.20. The molecular weight excluding hydrogens is 267 g/mol. The van der Waals surface area contributed by atoms with Crippen LogP contribution in [-0.2, 0) is 6.42 Å². The molecule has 1 aliphatic rings. The van der Waals surface area contributed by atoms with Crippen molar-refractivity contribution in [2.45, 2.75) is 19.4 Å². The number of carbonyl (C=O) groups excluding carboxylic acids is 1. The van der Waals surface area contributed by atoms with Crippen LogP contribution in [0.4, 0.5) is 4.39 Å². The Labute approximate surface area is 123 Å². The highest BCUT2D eigenvalue weighted by molar-refractivity contribution is 5.96. The van der Waals surface area contributed by atoms with Gasteiger partial charge in [-0.3, -0.25) is 4.79 Å². The van der Waals surface area contributed by atoms with Crippen LogP contribution in [0.15, 0.2) is 36.4 Å². The van der Waals surface area contributed by atoms with E-state index in [4.69, 9.17) is 5.73 Å². The second-order valence-electron chi connectivity index (χ2n) is 5.41. The molecule has 0 aromatic heterocycles. The molecule has 0 saturated carbocycles. The summed E-state index contributed by atoms with van der Waals surface area (Å²) in [5, 5.41) is 2.82. The third kappa shape index (κ3) is 2.54. The summed E-state index contributed by atoms with van der Waals surface area (Å²) in [6, 6.07) is 10.2. The molecule has 21 heavy (non-hydrogen) atoms. The molecule has 1 atom stereocenters. The van der Waals surface area contributed by atoms with E-state index in [0.29, 0.717) is 23.2 Å². The lowest BCUT2D eigenvalue weighted by Gasteiger charge is -2.19. The van der Waals surface area contributed by atoms with Gasteiger partial charge in [0.25, 0.3) is 5.91 Å². The fraction of sp³-hybridized carbons (Fsp3) is 0.235. The molecule has 2 aromatic carbocycles. The van der Waals surface area contributed by atoms with Gasteiger partial charge in [0.2, 0.25) is 0 Å². The topological polar surface area (TPSA) is 55.1 Å². The molecule has 2 aromatic rings. The summed E-state index contributed by atoms with van der Waals surface area (Å²) in [6.45, 7) is 2.38. The summed E-state index contributed by atoms with van der Waals surface area (Å²) in [6.07, 6.45) is 0.829. The minimum atomic E-state index is -0.444. The quantitative estimate of drug-likeness (QED) is 0.890. The van der Waals surface area contributed by atoms with Gasteiger partial charge in [-0.1, -0.05) is 24.3 Å². The summed E-state index contributed by atoms with van der Waals surface area (Å²) >= 11 is 0. The van der Waals surface area contributed by atoms with E-state index >= 15 is 0 Å². The lowest BCUT2D eigenvalue weighted by molar-refractivity contribution is 0.0946. The molecule has 4 heteroatoms. The Bertz CT molecular complexity index is 712. The van der Waals surface area contributed by atoms with E-state index in [-0.39, 0.29) is 11.7 Å². The molecular formula is C17H17FN2O. The molecule has 0 aliphatic carbocycles. The molecule has 3 rings (SSSR count). The van der Waals surface area contributed by atoms with Gasteiger partial charge < -0.3 is 11.1 Å². The number of hydrogen-bond acceptors (Lipinski definition) is 2. The number of benzene rings is 2. The van der Waals surface area contributed by atoms with Gasteiger partial charge >= 0.3 is 0 Å².